The fraction of sp³-hybridized carbons (Fsp3) is 0.182. The van der Waals surface area contributed by atoms with E-state index in [-0.39, 0.29) is 5.91 Å². The van der Waals surface area contributed by atoms with Crippen LogP contribution in [0, 0.1) is 13.8 Å². The van der Waals surface area contributed by atoms with Crippen molar-refractivity contribution in [1.29, 1.82) is 0 Å². The van der Waals surface area contributed by atoms with E-state index >= 15 is 0 Å². The summed E-state index contributed by atoms with van der Waals surface area (Å²) in [6, 6.07) is 14.9. The highest BCUT2D eigenvalue weighted by atomic mass is 16.5. The van der Waals surface area contributed by atoms with Crippen molar-refractivity contribution in [3.63, 3.8) is 0 Å². The van der Waals surface area contributed by atoms with Crippen LogP contribution in [0.5, 0.6) is 11.5 Å². The second-order valence-corrected chi connectivity index (χ2v) is 6.40. The molecule has 2 aromatic carbocycles. The van der Waals surface area contributed by atoms with Gasteiger partial charge in [-0.05, 0) is 55.3 Å². The van der Waals surface area contributed by atoms with E-state index in [1.54, 1.807) is 44.6 Å². The van der Waals surface area contributed by atoms with Gasteiger partial charge in [0.2, 0.25) is 0 Å². The van der Waals surface area contributed by atoms with Crippen molar-refractivity contribution in [2.24, 2.45) is 0 Å². The van der Waals surface area contributed by atoms with Crippen LogP contribution in [0.15, 0.2) is 54.7 Å². The summed E-state index contributed by atoms with van der Waals surface area (Å²) in [5, 5.41) is 6.12. The lowest BCUT2D eigenvalue weighted by Crippen LogP contribution is -2.13. The third-order valence-corrected chi connectivity index (χ3v) is 4.34. The minimum absolute atomic E-state index is 0.280. The molecule has 144 valence electrons. The minimum Gasteiger partial charge on any atom is -0.497 e. The van der Waals surface area contributed by atoms with Crippen LogP contribution in [-0.2, 0) is 0 Å². The number of amides is 1. The number of aromatic nitrogens is 1. The summed E-state index contributed by atoms with van der Waals surface area (Å²) < 4.78 is 10.5. The van der Waals surface area contributed by atoms with E-state index in [2.05, 4.69) is 33.8 Å². The SMILES string of the molecule is COc1ccc(OC)c(NC(=O)c2ccc(Nc3cc(C)ccc3C)nc2)c1. The first kappa shape index (κ1) is 19.2. The van der Waals surface area contributed by atoms with Gasteiger partial charge in [-0.25, -0.2) is 4.98 Å². The fourth-order valence-electron chi connectivity index (χ4n) is 2.72. The van der Waals surface area contributed by atoms with Gasteiger partial charge in [-0.3, -0.25) is 4.79 Å². The van der Waals surface area contributed by atoms with Gasteiger partial charge in [-0.15, -0.1) is 0 Å². The number of rotatable bonds is 6. The van der Waals surface area contributed by atoms with E-state index < -0.39 is 0 Å². The summed E-state index contributed by atoms with van der Waals surface area (Å²) in [6.07, 6.45) is 1.54. The zero-order valence-electron chi connectivity index (χ0n) is 16.4. The van der Waals surface area contributed by atoms with Crippen LogP contribution in [0.3, 0.4) is 0 Å². The minimum atomic E-state index is -0.280. The number of anilines is 3. The molecule has 2 N–H and O–H groups in total. The number of hydrogen-bond acceptors (Lipinski definition) is 5. The Bertz CT molecular complexity index is 985. The Kier molecular flexibility index (Phi) is 5.79. The first-order valence-corrected chi connectivity index (χ1v) is 8.84. The second kappa shape index (κ2) is 8.43. The van der Waals surface area contributed by atoms with Crippen molar-refractivity contribution in [3.8, 4) is 11.5 Å². The maximum atomic E-state index is 12.6. The molecule has 0 fully saturated rings. The maximum absolute atomic E-state index is 12.6. The van der Waals surface area contributed by atoms with E-state index in [1.807, 2.05) is 13.8 Å². The quantitative estimate of drug-likeness (QED) is 0.651. The number of aryl methyl sites for hydroxylation is 2. The molecule has 0 saturated heterocycles. The molecule has 28 heavy (non-hydrogen) atoms. The van der Waals surface area contributed by atoms with E-state index in [4.69, 9.17) is 9.47 Å². The van der Waals surface area contributed by atoms with E-state index in [0.29, 0.717) is 28.6 Å². The average molecular weight is 377 g/mol. The second-order valence-electron chi connectivity index (χ2n) is 6.40. The largest absolute Gasteiger partial charge is 0.497 e. The molecule has 0 aliphatic heterocycles. The number of carbonyl (C=O) groups is 1. The average Bonchev–Trinajstić information content (AvgIpc) is 2.71. The summed E-state index contributed by atoms with van der Waals surface area (Å²) in [7, 11) is 3.12. The molecule has 0 aliphatic carbocycles. The summed E-state index contributed by atoms with van der Waals surface area (Å²) >= 11 is 0. The van der Waals surface area contributed by atoms with Crippen LogP contribution >= 0.6 is 0 Å². The summed E-state index contributed by atoms with van der Waals surface area (Å²) in [4.78, 5) is 16.9. The molecule has 0 bridgehead atoms. The van der Waals surface area contributed by atoms with Crippen molar-refractivity contribution >= 4 is 23.1 Å². The Morgan fingerprint density at radius 3 is 2.43 bits per heavy atom. The van der Waals surface area contributed by atoms with E-state index in [1.165, 1.54) is 6.20 Å². The number of nitrogens with zero attached hydrogens (tertiary/aromatic N) is 1. The number of methoxy groups -OCH3 is 2. The van der Waals surface area contributed by atoms with Gasteiger partial charge in [-0.1, -0.05) is 12.1 Å². The summed E-state index contributed by atoms with van der Waals surface area (Å²) in [5.41, 5.74) is 4.25. The molecular formula is C22H23N3O3. The van der Waals surface area contributed by atoms with Crippen molar-refractivity contribution in [2.45, 2.75) is 13.8 Å². The Labute approximate surface area is 164 Å². The Morgan fingerprint density at radius 2 is 1.75 bits per heavy atom. The van der Waals surface area contributed by atoms with Crippen LogP contribution in [0.2, 0.25) is 0 Å². The summed E-state index contributed by atoms with van der Waals surface area (Å²) in [6.45, 7) is 4.07. The monoisotopic (exact) mass is 377 g/mol. The molecule has 1 heterocycles. The molecular weight excluding hydrogens is 354 g/mol. The van der Waals surface area contributed by atoms with Crippen molar-refractivity contribution in [2.75, 3.05) is 24.9 Å². The van der Waals surface area contributed by atoms with E-state index in [9.17, 15) is 4.79 Å². The Hall–Kier alpha value is -3.54. The third kappa shape index (κ3) is 4.40. The lowest BCUT2D eigenvalue weighted by Gasteiger charge is -2.12. The highest BCUT2D eigenvalue weighted by Gasteiger charge is 2.12. The molecule has 1 aromatic heterocycles. The van der Waals surface area contributed by atoms with Crippen molar-refractivity contribution in [1.82, 2.24) is 4.98 Å². The number of pyridine rings is 1. The van der Waals surface area contributed by atoms with Gasteiger partial charge in [0, 0.05) is 18.0 Å². The van der Waals surface area contributed by atoms with Crippen LogP contribution in [0.1, 0.15) is 21.5 Å². The summed E-state index contributed by atoms with van der Waals surface area (Å²) in [5.74, 6) is 1.57. The normalized spacial score (nSPS) is 10.3. The van der Waals surface area contributed by atoms with Crippen molar-refractivity contribution in [3.05, 3.63) is 71.4 Å². The molecule has 6 nitrogen and oxygen atoms in total. The smallest absolute Gasteiger partial charge is 0.257 e. The number of ether oxygens (including phenoxy) is 2. The molecule has 0 atom stereocenters. The number of hydrogen-bond donors (Lipinski definition) is 2. The number of nitrogens with one attached hydrogen (secondary N) is 2. The number of carbonyl (C=O) groups excluding carboxylic acids is 1. The van der Waals surface area contributed by atoms with E-state index in [0.717, 1.165) is 16.8 Å². The predicted octanol–water partition coefficient (Wildman–Crippen LogP) is 4.71. The maximum Gasteiger partial charge on any atom is 0.257 e. The zero-order chi connectivity index (χ0) is 20.1. The van der Waals surface area contributed by atoms with Gasteiger partial charge >= 0.3 is 0 Å². The highest BCUT2D eigenvalue weighted by Crippen LogP contribution is 2.29. The van der Waals surface area contributed by atoms with Gasteiger partial charge in [0.15, 0.2) is 0 Å². The molecule has 0 unspecified atom stereocenters. The van der Waals surface area contributed by atoms with Crippen molar-refractivity contribution < 1.29 is 14.3 Å². The molecule has 3 aromatic rings. The van der Waals surface area contributed by atoms with Gasteiger partial charge in [0.1, 0.15) is 17.3 Å². The lowest BCUT2D eigenvalue weighted by molar-refractivity contribution is 0.102. The van der Waals surface area contributed by atoms with Crippen LogP contribution in [0.25, 0.3) is 0 Å². The van der Waals surface area contributed by atoms with Crippen LogP contribution in [-0.4, -0.2) is 25.1 Å². The molecule has 6 heteroatoms. The first-order valence-electron chi connectivity index (χ1n) is 8.84. The predicted molar refractivity (Wildman–Crippen MR) is 111 cm³/mol. The molecule has 0 aliphatic rings. The number of benzene rings is 2. The van der Waals surface area contributed by atoms with Gasteiger partial charge in [0.05, 0.1) is 25.5 Å². The molecule has 0 saturated carbocycles. The molecule has 3 rings (SSSR count). The zero-order valence-corrected chi connectivity index (χ0v) is 16.4. The van der Waals surface area contributed by atoms with Gasteiger partial charge in [0.25, 0.3) is 5.91 Å². The molecule has 0 radical (unpaired) electrons. The first-order chi connectivity index (χ1) is 13.5. The molecule has 1 amide bonds. The van der Waals surface area contributed by atoms with Gasteiger partial charge < -0.3 is 20.1 Å². The fourth-order valence-corrected chi connectivity index (χ4v) is 2.72. The lowest BCUT2D eigenvalue weighted by atomic mass is 10.1. The standard InChI is InChI=1S/C22H23N3O3/c1-14-5-6-15(2)18(11-14)24-21-10-7-16(13-23-21)22(26)25-19-12-17(27-3)8-9-20(19)28-4/h5-13H,1-4H3,(H,23,24)(H,25,26). The molecule has 0 spiro atoms. The third-order valence-electron chi connectivity index (χ3n) is 4.34. The topological polar surface area (TPSA) is 72.5 Å². The van der Waals surface area contributed by atoms with Crippen LogP contribution in [0.4, 0.5) is 17.2 Å². The van der Waals surface area contributed by atoms with Crippen LogP contribution < -0.4 is 20.1 Å². The Balaban J connectivity index is 1.74. The van der Waals surface area contributed by atoms with Gasteiger partial charge in [-0.2, -0.15) is 0 Å². The Morgan fingerprint density at radius 1 is 0.929 bits per heavy atom. The highest BCUT2D eigenvalue weighted by molar-refractivity contribution is 6.05.